The molecule has 3 aliphatic carbocycles. The average molecular weight is 647 g/mol. The van der Waals surface area contributed by atoms with E-state index in [2.05, 4.69) is 11.4 Å². The van der Waals surface area contributed by atoms with Gasteiger partial charge in [-0.05, 0) is 91.5 Å². The number of nitrogens with zero attached hydrogens (tertiary/aromatic N) is 2. The third-order valence-electron chi connectivity index (χ3n) is 12.0. The molecule has 0 bridgehead atoms. The Bertz CT molecular complexity index is 1450. The number of cyclic esters (lactones) is 1. The van der Waals surface area contributed by atoms with E-state index in [1.807, 2.05) is 52.3 Å². The summed E-state index contributed by atoms with van der Waals surface area (Å²) < 4.78 is 5.55. The molecule has 0 aromatic heterocycles. The first-order chi connectivity index (χ1) is 22.3. The summed E-state index contributed by atoms with van der Waals surface area (Å²) in [7, 11) is 0. The number of aryl methyl sites for hydroxylation is 1. The highest BCUT2D eigenvalue weighted by Gasteiger charge is 2.59. The Morgan fingerprint density at radius 2 is 1.70 bits per heavy atom. The molecule has 3 amide bonds. The van der Waals surface area contributed by atoms with Crippen molar-refractivity contribution in [3.05, 3.63) is 70.2 Å². The summed E-state index contributed by atoms with van der Waals surface area (Å²) in [5.41, 5.74) is 9.68. The zero-order chi connectivity index (χ0) is 31.9. The monoisotopic (exact) mass is 646 g/mol. The fourth-order valence-corrected chi connectivity index (χ4v) is 9.00. The van der Waals surface area contributed by atoms with E-state index in [-0.39, 0.29) is 28.9 Å². The fourth-order valence-electron chi connectivity index (χ4n) is 8.88. The maximum Gasteiger partial charge on any atom is 0.410 e. The lowest BCUT2D eigenvalue weighted by Gasteiger charge is -2.50. The van der Waals surface area contributed by atoms with Crippen LogP contribution in [0, 0.1) is 17.3 Å². The van der Waals surface area contributed by atoms with Gasteiger partial charge < -0.3 is 20.7 Å². The van der Waals surface area contributed by atoms with Gasteiger partial charge in [-0.1, -0.05) is 67.3 Å². The number of carbonyl (C=O) groups is 3. The molecule has 8 nitrogen and oxygen atoms in total. The van der Waals surface area contributed by atoms with Gasteiger partial charge in [0.1, 0.15) is 12.6 Å². The van der Waals surface area contributed by atoms with Crippen LogP contribution in [-0.4, -0.2) is 65.5 Å². The number of nitrogens with one attached hydrogen (secondary N) is 1. The van der Waals surface area contributed by atoms with Gasteiger partial charge in [0.15, 0.2) is 0 Å². The van der Waals surface area contributed by atoms with Gasteiger partial charge in [-0.2, -0.15) is 0 Å². The number of piperidine rings is 1. The van der Waals surface area contributed by atoms with Crippen molar-refractivity contribution in [3.63, 3.8) is 0 Å². The Morgan fingerprint density at radius 1 is 0.978 bits per heavy atom. The average Bonchev–Trinajstić information content (AvgIpc) is 3.82. The van der Waals surface area contributed by atoms with Crippen LogP contribution >= 0.6 is 11.6 Å². The van der Waals surface area contributed by atoms with Gasteiger partial charge in [0.2, 0.25) is 11.8 Å². The first-order valence-electron chi connectivity index (χ1n) is 17.4. The molecule has 246 valence electrons. The van der Waals surface area contributed by atoms with Crippen LogP contribution < -0.4 is 11.1 Å². The number of hydrogen-bond acceptors (Lipinski definition) is 5. The molecule has 2 heterocycles. The van der Waals surface area contributed by atoms with E-state index in [1.165, 1.54) is 37.7 Å². The van der Waals surface area contributed by atoms with E-state index in [0.717, 1.165) is 49.8 Å². The molecule has 2 unspecified atom stereocenters. The number of halogens is 1. The summed E-state index contributed by atoms with van der Waals surface area (Å²) in [6.07, 6.45) is 11.5. The number of amides is 3. The molecule has 2 aromatic carbocycles. The minimum Gasteiger partial charge on any atom is -0.447 e. The maximum absolute atomic E-state index is 14.3. The number of benzene rings is 2. The molecule has 1 spiro atoms. The minimum atomic E-state index is -0.705. The highest BCUT2D eigenvalue weighted by atomic mass is 35.5. The standard InChI is InChI=1S/C37H47ClN4O4/c38-28-13-10-25(11-14-28)22-31(40-33(43)30-15-12-26-6-4-5-9-29(26)32(30)39)34(44)41-20-18-36(19-21-41,27-7-2-1-3-8-27)23-42-35(45)46-24-37(42)16-17-37/h4-6,9-11,13-14,27,30-32H,1-3,7-8,12,15-24,39H2,(H,40,43)/t30?,31-,32?/m1/s1. The van der Waals surface area contributed by atoms with Crippen LogP contribution in [-0.2, 0) is 27.2 Å². The van der Waals surface area contributed by atoms with E-state index in [9.17, 15) is 14.4 Å². The first-order valence-corrected chi connectivity index (χ1v) is 17.8. The topological polar surface area (TPSA) is 105 Å². The Morgan fingerprint density at radius 3 is 2.41 bits per heavy atom. The lowest BCUT2D eigenvalue weighted by atomic mass is 9.63. The Labute approximate surface area is 277 Å². The fraction of sp³-hybridized carbons (Fsp3) is 0.595. The molecule has 5 aliphatic rings. The highest BCUT2D eigenvalue weighted by Crippen LogP contribution is 2.52. The Kier molecular flexibility index (Phi) is 8.79. The zero-order valence-corrected chi connectivity index (χ0v) is 27.5. The third-order valence-corrected chi connectivity index (χ3v) is 12.2. The summed E-state index contributed by atoms with van der Waals surface area (Å²) in [4.78, 5) is 45.1. The van der Waals surface area contributed by atoms with Crippen LogP contribution in [0.15, 0.2) is 48.5 Å². The summed E-state index contributed by atoms with van der Waals surface area (Å²) >= 11 is 6.17. The summed E-state index contributed by atoms with van der Waals surface area (Å²) in [6, 6.07) is 14.4. The number of likely N-dealkylation sites (tertiary alicyclic amines) is 1. The van der Waals surface area contributed by atoms with Gasteiger partial charge in [0.05, 0.1) is 11.5 Å². The van der Waals surface area contributed by atoms with Crippen LogP contribution in [0.25, 0.3) is 0 Å². The smallest absolute Gasteiger partial charge is 0.410 e. The van der Waals surface area contributed by atoms with Gasteiger partial charge in [0.25, 0.3) is 0 Å². The predicted molar refractivity (Wildman–Crippen MR) is 177 cm³/mol. The number of carbonyl (C=O) groups excluding carboxylic acids is 3. The molecule has 2 aromatic rings. The van der Waals surface area contributed by atoms with Crippen LogP contribution in [0.2, 0.25) is 5.02 Å². The van der Waals surface area contributed by atoms with Crippen molar-refractivity contribution in [3.8, 4) is 0 Å². The van der Waals surface area contributed by atoms with E-state index >= 15 is 0 Å². The van der Waals surface area contributed by atoms with E-state index in [1.54, 1.807) is 0 Å². The Balaban J connectivity index is 1.08. The molecule has 4 fully saturated rings. The highest BCUT2D eigenvalue weighted by molar-refractivity contribution is 6.30. The molecule has 3 N–H and O–H groups in total. The molecule has 2 aliphatic heterocycles. The van der Waals surface area contributed by atoms with Crippen LogP contribution in [0.4, 0.5) is 4.79 Å². The molecule has 2 saturated heterocycles. The molecule has 46 heavy (non-hydrogen) atoms. The van der Waals surface area contributed by atoms with Gasteiger partial charge in [-0.15, -0.1) is 0 Å². The van der Waals surface area contributed by atoms with Gasteiger partial charge in [-0.25, -0.2) is 4.79 Å². The second-order valence-electron chi connectivity index (χ2n) is 14.6. The Hall–Kier alpha value is -3.10. The molecule has 3 atom stereocenters. The molecular weight excluding hydrogens is 600 g/mol. The molecule has 0 radical (unpaired) electrons. The number of hydrogen-bond donors (Lipinski definition) is 2. The third kappa shape index (κ3) is 6.15. The summed E-state index contributed by atoms with van der Waals surface area (Å²) in [5.74, 6) is -0.0663. The number of nitrogens with two attached hydrogens (primary N) is 1. The lowest BCUT2D eigenvalue weighted by molar-refractivity contribution is -0.140. The molecule has 7 rings (SSSR count). The summed E-state index contributed by atoms with van der Waals surface area (Å²) in [6.45, 7) is 2.48. The number of ether oxygens (including phenoxy) is 1. The molecule has 9 heteroatoms. The van der Waals surface area contributed by atoms with Gasteiger partial charge in [0, 0.05) is 37.1 Å². The second-order valence-corrected chi connectivity index (χ2v) is 15.1. The lowest BCUT2D eigenvalue weighted by Crippen LogP contribution is -2.57. The van der Waals surface area contributed by atoms with E-state index < -0.39 is 18.0 Å². The van der Waals surface area contributed by atoms with E-state index in [4.69, 9.17) is 22.1 Å². The molecular formula is C37H47ClN4O4. The number of fused-ring (bicyclic) bond motifs is 1. The van der Waals surface area contributed by atoms with Crippen molar-refractivity contribution < 1.29 is 19.1 Å². The molecule has 2 saturated carbocycles. The predicted octanol–water partition coefficient (Wildman–Crippen LogP) is 5.80. The quantitative estimate of drug-likeness (QED) is 0.377. The van der Waals surface area contributed by atoms with Crippen molar-refractivity contribution in [2.75, 3.05) is 26.2 Å². The summed E-state index contributed by atoms with van der Waals surface area (Å²) in [5, 5.41) is 3.80. The van der Waals surface area contributed by atoms with Crippen molar-refractivity contribution in [1.82, 2.24) is 15.1 Å². The minimum absolute atomic E-state index is 0.0205. The van der Waals surface area contributed by atoms with Gasteiger partial charge >= 0.3 is 6.09 Å². The van der Waals surface area contributed by atoms with Crippen molar-refractivity contribution in [1.29, 1.82) is 0 Å². The first kappa shape index (κ1) is 31.5. The van der Waals surface area contributed by atoms with E-state index in [0.29, 0.717) is 43.5 Å². The number of rotatable bonds is 8. The van der Waals surface area contributed by atoms with Crippen molar-refractivity contribution in [2.24, 2.45) is 23.0 Å². The van der Waals surface area contributed by atoms with Crippen LogP contribution in [0.5, 0.6) is 0 Å². The van der Waals surface area contributed by atoms with Crippen molar-refractivity contribution in [2.45, 2.75) is 94.7 Å². The largest absolute Gasteiger partial charge is 0.447 e. The SMILES string of the molecule is NC1c2ccccc2CCC1C(=O)N[C@H](Cc1ccc(Cl)cc1)C(=O)N1CCC(CN2C(=O)OCC23CC3)(C2CCCCC2)CC1. The normalized spacial score (nSPS) is 25.9. The van der Waals surface area contributed by atoms with Crippen molar-refractivity contribution >= 4 is 29.5 Å². The maximum atomic E-state index is 14.3. The van der Waals surface area contributed by atoms with Gasteiger partial charge in [-0.3, -0.25) is 14.5 Å². The van der Waals surface area contributed by atoms with Crippen LogP contribution in [0.1, 0.15) is 86.9 Å². The van der Waals surface area contributed by atoms with Crippen LogP contribution in [0.3, 0.4) is 0 Å². The second kappa shape index (κ2) is 12.8. The zero-order valence-electron chi connectivity index (χ0n) is 26.7.